The quantitative estimate of drug-likeness (QED) is 0.0471. The molecule has 1 atom stereocenters. The van der Waals surface area contributed by atoms with Gasteiger partial charge in [-0.2, -0.15) is 0 Å². The molecule has 53 heavy (non-hydrogen) atoms. The molecule has 0 aliphatic carbocycles. The number of carbonyl (C=O) groups excluding carboxylic acids is 1. The van der Waals surface area contributed by atoms with Gasteiger partial charge in [-0.25, -0.2) is 4.98 Å². The number of unbranched alkanes of at least 4 members (excludes halogenated alkanes) is 30. The Balaban J connectivity index is 1.78. The van der Waals surface area contributed by atoms with E-state index in [1.165, 1.54) is 167 Å². The SMILES string of the molecule is CCCCCCCCCCCCCCCCCCC(CCCCCCCCCCCCCCCCCC)(C(=O)O)C(C(=O)S)c1nc2ccccc2[nH]1. The first-order valence-corrected chi connectivity index (χ1v) is 23.3. The third-order valence-corrected chi connectivity index (χ3v) is 12.1. The summed E-state index contributed by atoms with van der Waals surface area (Å²) in [5, 5.41) is 10.5. The fourth-order valence-electron chi connectivity index (χ4n) is 8.45. The summed E-state index contributed by atoms with van der Waals surface area (Å²) in [7, 11) is 0. The van der Waals surface area contributed by atoms with Gasteiger partial charge in [0.2, 0.25) is 0 Å². The fraction of sp³-hybridized carbons (Fsp3) is 0.809. The Morgan fingerprint density at radius 2 is 0.887 bits per heavy atom. The number of nitrogens with one attached hydrogen (secondary N) is 1. The van der Waals surface area contributed by atoms with Crippen molar-refractivity contribution < 1.29 is 14.7 Å². The molecule has 1 aromatic heterocycles. The lowest BCUT2D eigenvalue weighted by Crippen LogP contribution is -2.41. The minimum Gasteiger partial charge on any atom is -0.481 e. The first-order chi connectivity index (χ1) is 26.0. The summed E-state index contributed by atoms with van der Waals surface area (Å²) >= 11 is 4.32. The first-order valence-electron chi connectivity index (χ1n) is 22.9. The molecule has 0 fully saturated rings. The second-order valence-corrected chi connectivity index (χ2v) is 16.9. The predicted octanol–water partition coefficient (Wildman–Crippen LogP) is 15.5. The van der Waals surface area contributed by atoms with Crippen LogP contribution in [0.15, 0.2) is 24.3 Å². The molecule has 0 saturated carbocycles. The van der Waals surface area contributed by atoms with Gasteiger partial charge in [0.25, 0.3) is 0 Å². The van der Waals surface area contributed by atoms with Gasteiger partial charge >= 0.3 is 5.97 Å². The molecule has 2 rings (SSSR count). The number of aromatic nitrogens is 2. The van der Waals surface area contributed by atoms with Gasteiger partial charge in [-0.3, -0.25) is 9.59 Å². The minimum absolute atomic E-state index is 0.403. The van der Waals surface area contributed by atoms with Crippen LogP contribution in [0.4, 0.5) is 0 Å². The van der Waals surface area contributed by atoms with Gasteiger partial charge in [0.05, 0.1) is 16.4 Å². The van der Waals surface area contributed by atoms with E-state index in [2.05, 4.69) is 31.5 Å². The summed E-state index contributed by atoms with van der Waals surface area (Å²) < 4.78 is 0. The Labute approximate surface area is 331 Å². The number of H-pyrrole nitrogens is 1. The van der Waals surface area contributed by atoms with E-state index in [-0.39, 0.29) is 0 Å². The standard InChI is InChI=1S/C47H82N2O3S/c1-3-5-7-9-11-13-15-17-19-21-23-25-27-29-31-35-39-47(46(51)52,43(45(50)53)44-48-41-37-33-34-38-42(41)49-44)40-36-32-30-28-26-24-22-20-18-16-14-12-10-8-6-4-2/h33-34,37-38,43H,3-32,35-36,39-40H2,1-2H3,(H,48,49)(H,50,53)(H,51,52). The molecule has 0 saturated heterocycles. The average molecular weight is 755 g/mol. The van der Waals surface area contributed by atoms with Crippen LogP contribution in [0, 0.1) is 5.41 Å². The van der Waals surface area contributed by atoms with Crippen LogP contribution in [-0.2, 0) is 9.59 Å². The predicted molar refractivity (Wildman–Crippen MR) is 231 cm³/mol. The van der Waals surface area contributed by atoms with Crippen molar-refractivity contribution in [3.63, 3.8) is 0 Å². The van der Waals surface area contributed by atoms with Gasteiger partial charge in [-0.1, -0.05) is 231 Å². The van der Waals surface area contributed by atoms with Crippen LogP contribution in [0.5, 0.6) is 0 Å². The first kappa shape index (κ1) is 47.3. The van der Waals surface area contributed by atoms with Gasteiger partial charge in [0.1, 0.15) is 11.7 Å². The van der Waals surface area contributed by atoms with Crippen molar-refractivity contribution in [1.29, 1.82) is 0 Å². The lowest BCUT2D eigenvalue weighted by molar-refractivity contribution is -0.153. The van der Waals surface area contributed by atoms with Crippen molar-refractivity contribution >= 4 is 34.7 Å². The number of aromatic amines is 1. The highest BCUT2D eigenvalue weighted by Crippen LogP contribution is 2.46. The van der Waals surface area contributed by atoms with Crippen LogP contribution in [-0.4, -0.2) is 26.2 Å². The van der Waals surface area contributed by atoms with Crippen molar-refractivity contribution in [2.75, 3.05) is 0 Å². The Hall–Kier alpha value is -1.82. The third kappa shape index (κ3) is 20.6. The van der Waals surface area contributed by atoms with E-state index >= 15 is 0 Å². The number of thiol groups is 1. The Kier molecular flexibility index (Phi) is 28.0. The number of hydrogen-bond donors (Lipinski definition) is 3. The summed E-state index contributed by atoms with van der Waals surface area (Å²) in [6.45, 7) is 4.56. The summed E-state index contributed by atoms with van der Waals surface area (Å²) in [6, 6.07) is 7.68. The Morgan fingerprint density at radius 1 is 0.566 bits per heavy atom. The molecule has 1 aromatic carbocycles. The molecule has 1 heterocycles. The molecule has 0 bridgehead atoms. The lowest BCUT2D eigenvalue weighted by atomic mass is 9.68. The molecule has 2 aromatic rings. The number of hydrogen-bond acceptors (Lipinski definition) is 3. The summed E-state index contributed by atoms with van der Waals surface area (Å²) in [5.41, 5.74) is 0.371. The van der Waals surface area contributed by atoms with Crippen LogP contribution >= 0.6 is 12.6 Å². The average Bonchev–Trinajstić information content (AvgIpc) is 3.57. The maximum absolute atomic E-state index is 13.3. The van der Waals surface area contributed by atoms with E-state index in [0.717, 1.165) is 49.6 Å². The van der Waals surface area contributed by atoms with Crippen LogP contribution in [0.2, 0.25) is 0 Å². The summed E-state index contributed by atoms with van der Waals surface area (Å²) in [4.78, 5) is 34.6. The van der Waals surface area contributed by atoms with E-state index in [1.807, 2.05) is 24.3 Å². The molecule has 5 nitrogen and oxygen atoms in total. The van der Waals surface area contributed by atoms with E-state index in [0.29, 0.717) is 18.7 Å². The van der Waals surface area contributed by atoms with Gasteiger partial charge in [-0.05, 0) is 25.0 Å². The van der Waals surface area contributed by atoms with E-state index in [9.17, 15) is 14.7 Å². The van der Waals surface area contributed by atoms with Crippen molar-refractivity contribution in [1.82, 2.24) is 9.97 Å². The van der Waals surface area contributed by atoms with Crippen LogP contribution in [0.3, 0.4) is 0 Å². The van der Waals surface area contributed by atoms with Crippen LogP contribution in [0.25, 0.3) is 11.0 Å². The zero-order chi connectivity index (χ0) is 38.2. The number of carboxylic acid groups (broad SMARTS) is 1. The Morgan fingerprint density at radius 3 is 1.19 bits per heavy atom. The maximum Gasteiger partial charge on any atom is 0.310 e. The number of aliphatic carboxylic acids is 1. The van der Waals surface area contributed by atoms with Gasteiger partial charge in [0, 0.05) is 0 Å². The highest BCUT2D eigenvalue weighted by Gasteiger charge is 2.49. The number of para-hydroxylation sites is 2. The molecule has 2 N–H and O–H groups in total. The molecule has 0 aliphatic heterocycles. The highest BCUT2D eigenvalue weighted by atomic mass is 32.1. The largest absolute Gasteiger partial charge is 0.481 e. The summed E-state index contributed by atoms with van der Waals surface area (Å²) in [5.74, 6) is -1.34. The van der Waals surface area contributed by atoms with E-state index in [4.69, 9.17) is 4.98 Å². The van der Waals surface area contributed by atoms with Gasteiger partial charge < -0.3 is 10.1 Å². The smallest absolute Gasteiger partial charge is 0.310 e. The second kappa shape index (κ2) is 31.4. The van der Waals surface area contributed by atoms with Crippen molar-refractivity contribution in [2.45, 2.75) is 238 Å². The van der Waals surface area contributed by atoms with Crippen molar-refractivity contribution in [3.05, 3.63) is 30.1 Å². The number of benzene rings is 1. The van der Waals surface area contributed by atoms with Crippen molar-refractivity contribution in [3.8, 4) is 0 Å². The fourth-order valence-corrected chi connectivity index (χ4v) is 8.82. The number of nitrogens with zero attached hydrogens (tertiary/aromatic N) is 1. The third-order valence-electron chi connectivity index (χ3n) is 11.9. The summed E-state index contributed by atoms with van der Waals surface area (Å²) in [6.07, 6.45) is 41.9. The maximum atomic E-state index is 13.3. The molecular weight excluding hydrogens is 673 g/mol. The molecule has 1 unspecified atom stereocenters. The number of carbonyl (C=O) groups is 2. The number of fused-ring (bicyclic) bond motifs is 1. The van der Waals surface area contributed by atoms with Crippen LogP contribution < -0.4 is 0 Å². The topological polar surface area (TPSA) is 83.0 Å². The molecule has 0 radical (unpaired) electrons. The second-order valence-electron chi connectivity index (χ2n) is 16.5. The van der Waals surface area contributed by atoms with Gasteiger partial charge in [-0.15, -0.1) is 12.6 Å². The molecular formula is C47H82N2O3S. The zero-order valence-corrected chi connectivity index (χ0v) is 35.5. The lowest BCUT2D eigenvalue weighted by Gasteiger charge is -2.35. The monoisotopic (exact) mass is 755 g/mol. The Bertz CT molecular complexity index is 1110. The molecule has 0 spiro atoms. The highest BCUT2D eigenvalue weighted by molar-refractivity contribution is 7.96. The molecule has 6 heteroatoms. The van der Waals surface area contributed by atoms with Crippen LogP contribution in [0.1, 0.15) is 244 Å². The molecule has 0 amide bonds. The number of imidazole rings is 1. The number of rotatable bonds is 38. The number of carboxylic acids is 1. The van der Waals surface area contributed by atoms with Crippen molar-refractivity contribution in [2.24, 2.45) is 5.41 Å². The zero-order valence-electron chi connectivity index (χ0n) is 34.6. The van der Waals surface area contributed by atoms with Gasteiger partial charge in [0.15, 0.2) is 5.12 Å². The normalized spacial score (nSPS) is 12.5. The van der Waals surface area contributed by atoms with E-state index in [1.54, 1.807) is 0 Å². The van der Waals surface area contributed by atoms with E-state index < -0.39 is 22.4 Å². The minimum atomic E-state index is -1.21. The molecule has 304 valence electrons. The molecule has 0 aliphatic rings.